The largest absolute Gasteiger partial charge is 0.388 e. The fourth-order valence-electron chi connectivity index (χ4n) is 0.385. The van der Waals surface area contributed by atoms with Gasteiger partial charge in [-0.05, 0) is 6.92 Å². The number of nitrogens with one attached hydrogen (secondary N) is 1. The summed E-state index contributed by atoms with van der Waals surface area (Å²) in [5, 5.41) is 6.28. The molecule has 0 saturated carbocycles. The first-order valence-electron chi connectivity index (χ1n) is 3.04. The molecule has 0 atom stereocenters. The van der Waals surface area contributed by atoms with Gasteiger partial charge in [-0.15, -0.1) is 12.4 Å². The molecule has 2 nitrogen and oxygen atoms in total. The zero-order valence-corrected chi connectivity index (χ0v) is 7.27. The fraction of sp³-hybridized carbons (Fsp3) is 0.125. The number of hydrogen-bond acceptors (Lipinski definition) is 1. The molecule has 1 aromatic carbocycles. The molecule has 0 aromatic heterocycles. The van der Waals surface area contributed by atoms with Crippen molar-refractivity contribution in [3.05, 3.63) is 36.4 Å². The predicted molar refractivity (Wildman–Crippen MR) is 51.3 cm³/mol. The van der Waals surface area contributed by atoms with Gasteiger partial charge in [0, 0.05) is 0 Å². The highest BCUT2D eigenvalue weighted by atomic mass is 35.5. The molecule has 0 spiro atoms. The molecule has 0 heterocycles. The monoisotopic (exact) mass is 172 g/mol. The third-order valence-corrected chi connectivity index (χ3v) is 0.667. The molecule has 3 heteroatoms. The second kappa shape index (κ2) is 8.98. The van der Waals surface area contributed by atoms with E-state index >= 15 is 0 Å². The van der Waals surface area contributed by atoms with Crippen molar-refractivity contribution >= 4 is 18.2 Å². The molecule has 0 aliphatic heterocycles. The molecule has 62 valence electrons. The molecule has 3 N–H and O–H groups in total. The van der Waals surface area contributed by atoms with Crippen LogP contribution in [0.3, 0.4) is 0 Å². The van der Waals surface area contributed by atoms with Crippen molar-refractivity contribution in [3.8, 4) is 0 Å². The SMILES string of the molecule is CC(=N)N.Cl.c1ccccc1. The Hall–Kier alpha value is -1.02. The van der Waals surface area contributed by atoms with Crippen LogP contribution in [0, 0.1) is 5.41 Å². The molecule has 0 aliphatic carbocycles. The summed E-state index contributed by atoms with van der Waals surface area (Å²) < 4.78 is 0. The molecule has 0 amide bonds. The van der Waals surface area contributed by atoms with Crippen molar-refractivity contribution in [2.45, 2.75) is 6.92 Å². The molecular formula is C8H13ClN2. The normalized spacial score (nSPS) is 6.64. The highest BCUT2D eigenvalue weighted by Gasteiger charge is 1.57. The zero-order chi connectivity index (χ0) is 7.82. The molecule has 11 heavy (non-hydrogen) atoms. The molecule has 0 radical (unpaired) electrons. The van der Waals surface area contributed by atoms with Crippen LogP contribution in [0.15, 0.2) is 36.4 Å². The Labute approximate surface area is 73.3 Å². The summed E-state index contributed by atoms with van der Waals surface area (Å²) in [5.74, 6) is 0.167. The Morgan fingerprint density at radius 2 is 1.09 bits per heavy atom. The minimum Gasteiger partial charge on any atom is -0.388 e. The van der Waals surface area contributed by atoms with Crippen LogP contribution >= 0.6 is 12.4 Å². The van der Waals surface area contributed by atoms with Crippen molar-refractivity contribution in [2.75, 3.05) is 0 Å². The van der Waals surface area contributed by atoms with Gasteiger partial charge in [-0.1, -0.05) is 36.4 Å². The van der Waals surface area contributed by atoms with E-state index < -0.39 is 0 Å². The van der Waals surface area contributed by atoms with Gasteiger partial charge in [-0.3, -0.25) is 5.41 Å². The highest BCUT2D eigenvalue weighted by molar-refractivity contribution is 5.85. The Bertz CT molecular complexity index is 144. The van der Waals surface area contributed by atoms with Crippen molar-refractivity contribution in [1.29, 1.82) is 5.41 Å². The van der Waals surface area contributed by atoms with Gasteiger partial charge in [-0.2, -0.15) is 0 Å². The second-order valence-electron chi connectivity index (χ2n) is 1.84. The first-order chi connectivity index (χ1) is 4.73. The van der Waals surface area contributed by atoms with Gasteiger partial charge in [0.15, 0.2) is 0 Å². The predicted octanol–water partition coefficient (Wildman–Crippen LogP) is 2.05. The van der Waals surface area contributed by atoms with Gasteiger partial charge in [0.25, 0.3) is 0 Å². The molecule has 0 saturated heterocycles. The van der Waals surface area contributed by atoms with E-state index in [9.17, 15) is 0 Å². The molecule has 0 aliphatic rings. The molecule has 0 bridgehead atoms. The summed E-state index contributed by atoms with van der Waals surface area (Å²) in [6.07, 6.45) is 0. The standard InChI is InChI=1S/C6H6.C2H6N2.ClH/c1-2-4-6-5-3-1;1-2(3)4;/h1-6H;1H3,(H3,3,4);1H. The quantitative estimate of drug-likeness (QED) is 0.457. The van der Waals surface area contributed by atoms with Crippen LogP contribution in [0.5, 0.6) is 0 Å². The van der Waals surface area contributed by atoms with E-state index in [1.54, 1.807) is 0 Å². The maximum atomic E-state index is 6.28. The number of benzene rings is 1. The van der Waals surface area contributed by atoms with Crippen LogP contribution in [0.2, 0.25) is 0 Å². The van der Waals surface area contributed by atoms with Gasteiger partial charge < -0.3 is 5.73 Å². The van der Waals surface area contributed by atoms with E-state index in [2.05, 4.69) is 0 Å². The minimum atomic E-state index is 0. The first kappa shape index (κ1) is 12.6. The average molecular weight is 173 g/mol. The Kier molecular flexibility index (Phi) is 10.3. The van der Waals surface area contributed by atoms with Crippen molar-refractivity contribution < 1.29 is 0 Å². The average Bonchev–Trinajstić information content (AvgIpc) is 1.90. The van der Waals surface area contributed by atoms with E-state index in [-0.39, 0.29) is 18.2 Å². The maximum Gasteiger partial charge on any atom is 0.0873 e. The maximum absolute atomic E-state index is 6.28. The second-order valence-corrected chi connectivity index (χ2v) is 1.84. The third-order valence-electron chi connectivity index (χ3n) is 0.667. The third kappa shape index (κ3) is 17.6. The fourth-order valence-corrected chi connectivity index (χ4v) is 0.385. The lowest BCUT2D eigenvalue weighted by Crippen LogP contribution is -2.00. The van der Waals surface area contributed by atoms with Crippen LogP contribution in [0.1, 0.15) is 6.92 Å². The zero-order valence-electron chi connectivity index (χ0n) is 6.45. The van der Waals surface area contributed by atoms with Crippen molar-refractivity contribution in [3.63, 3.8) is 0 Å². The van der Waals surface area contributed by atoms with Crippen LogP contribution in [-0.4, -0.2) is 5.84 Å². The summed E-state index contributed by atoms with van der Waals surface area (Å²) in [6, 6.07) is 12.0. The van der Waals surface area contributed by atoms with E-state index in [1.165, 1.54) is 6.92 Å². The van der Waals surface area contributed by atoms with Gasteiger partial charge in [-0.25, -0.2) is 0 Å². The lowest BCUT2D eigenvalue weighted by atomic mass is 10.4. The number of amidine groups is 1. The van der Waals surface area contributed by atoms with E-state index in [0.29, 0.717) is 0 Å². The molecule has 1 rings (SSSR count). The number of halogens is 1. The van der Waals surface area contributed by atoms with Crippen molar-refractivity contribution in [1.82, 2.24) is 0 Å². The summed E-state index contributed by atoms with van der Waals surface area (Å²) in [4.78, 5) is 0. The van der Waals surface area contributed by atoms with Gasteiger partial charge in [0.1, 0.15) is 0 Å². The van der Waals surface area contributed by atoms with E-state index in [4.69, 9.17) is 11.1 Å². The Morgan fingerprint density at radius 1 is 1.00 bits per heavy atom. The first-order valence-corrected chi connectivity index (χ1v) is 3.04. The summed E-state index contributed by atoms with van der Waals surface area (Å²) in [5.41, 5.74) is 4.69. The Morgan fingerprint density at radius 3 is 1.18 bits per heavy atom. The lowest BCUT2D eigenvalue weighted by molar-refractivity contribution is 1.42. The van der Waals surface area contributed by atoms with Crippen LogP contribution in [-0.2, 0) is 0 Å². The summed E-state index contributed by atoms with van der Waals surface area (Å²) in [7, 11) is 0. The van der Waals surface area contributed by atoms with Gasteiger partial charge >= 0.3 is 0 Å². The van der Waals surface area contributed by atoms with Crippen LogP contribution < -0.4 is 5.73 Å². The van der Waals surface area contributed by atoms with E-state index in [0.717, 1.165) is 0 Å². The topological polar surface area (TPSA) is 49.9 Å². The van der Waals surface area contributed by atoms with Gasteiger partial charge in [0.05, 0.1) is 5.84 Å². The Balaban J connectivity index is 0. The number of nitrogens with two attached hydrogens (primary N) is 1. The van der Waals surface area contributed by atoms with Gasteiger partial charge in [0.2, 0.25) is 0 Å². The van der Waals surface area contributed by atoms with E-state index in [1.807, 2.05) is 36.4 Å². The molecule has 1 aromatic rings. The minimum absolute atomic E-state index is 0. The van der Waals surface area contributed by atoms with Crippen LogP contribution in [0.25, 0.3) is 0 Å². The molecule has 0 fully saturated rings. The smallest absolute Gasteiger partial charge is 0.0873 e. The number of rotatable bonds is 0. The highest BCUT2D eigenvalue weighted by Crippen LogP contribution is 1.79. The lowest BCUT2D eigenvalue weighted by Gasteiger charge is -1.69. The summed E-state index contributed by atoms with van der Waals surface area (Å²) >= 11 is 0. The molecular weight excluding hydrogens is 160 g/mol. The summed E-state index contributed by atoms with van der Waals surface area (Å²) in [6.45, 7) is 1.53. The molecule has 0 unspecified atom stereocenters. The number of hydrogen-bond donors (Lipinski definition) is 2. The van der Waals surface area contributed by atoms with Crippen molar-refractivity contribution in [2.24, 2.45) is 5.73 Å². The van der Waals surface area contributed by atoms with Crippen LogP contribution in [0.4, 0.5) is 0 Å².